The quantitative estimate of drug-likeness (QED) is 0.657. The van der Waals surface area contributed by atoms with E-state index in [1.54, 1.807) is 0 Å². The maximum Gasteiger partial charge on any atom is 0.0962 e. The molecular weight excluding hydrogens is 296 g/mol. The van der Waals surface area contributed by atoms with E-state index >= 15 is 0 Å². The molecule has 5 aliphatic carbocycles. The molecule has 0 amide bonds. The van der Waals surface area contributed by atoms with Gasteiger partial charge in [0, 0.05) is 11.3 Å². The predicted molar refractivity (Wildman–Crippen MR) is 95.4 cm³/mol. The van der Waals surface area contributed by atoms with Gasteiger partial charge in [0.2, 0.25) is 0 Å². The van der Waals surface area contributed by atoms with Crippen molar-refractivity contribution in [1.29, 1.82) is 0 Å². The standard InChI is InChI=1S/C22H32O2/c1-21-11-8-15(23)13-14(21)4-5-16-17(21)9-12-22-10-2-3-20(24)19(22)7-6-18(16)22/h2-3,10,14-19,23-24H,4-9,11-13H2,1H3/t14-,15+,16+,17-,18-,19+,21-,22+/m0/s1. The van der Waals surface area contributed by atoms with Crippen LogP contribution >= 0.6 is 0 Å². The lowest BCUT2D eigenvalue weighted by Gasteiger charge is -2.61. The molecular formula is C22H32O2. The zero-order chi connectivity index (χ0) is 16.5. The highest BCUT2D eigenvalue weighted by atomic mass is 16.3. The van der Waals surface area contributed by atoms with Crippen LogP contribution in [-0.2, 0) is 0 Å². The first-order valence-corrected chi connectivity index (χ1v) is 10.3. The molecule has 2 nitrogen and oxygen atoms in total. The van der Waals surface area contributed by atoms with Gasteiger partial charge in [-0.3, -0.25) is 0 Å². The molecule has 2 heteroatoms. The van der Waals surface area contributed by atoms with E-state index in [1.807, 2.05) is 6.08 Å². The van der Waals surface area contributed by atoms with Crippen molar-refractivity contribution in [2.75, 3.05) is 0 Å². The molecule has 0 aromatic carbocycles. The SMILES string of the molecule is C[C@]12CC[C@@H](O)C[C@@H]1CC[C@@H]1[C@@H]2CC[C@@]23C=CC=C(O)[C@H]2CC[C@@H]13. The van der Waals surface area contributed by atoms with E-state index in [-0.39, 0.29) is 11.5 Å². The van der Waals surface area contributed by atoms with E-state index in [2.05, 4.69) is 19.1 Å². The van der Waals surface area contributed by atoms with Crippen LogP contribution in [0.15, 0.2) is 24.0 Å². The molecule has 8 atom stereocenters. The summed E-state index contributed by atoms with van der Waals surface area (Å²) in [6, 6.07) is 0. The Hall–Kier alpha value is -0.760. The van der Waals surface area contributed by atoms with Crippen molar-refractivity contribution in [3.63, 3.8) is 0 Å². The van der Waals surface area contributed by atoms with Crippen LogP contribution in [0.1, 0.15) is 64.7 Å². The molecule has 0 heterocycles. The van der Waals surface area contributed by atoms with E-state index in [1.165, 1.54) is 44.9 Å². The third-order valence-electron chi connectivity index (χ3n) is 9.26. The second kappa shape index (κ2) is 5.13. The van der Waals surface area contributed by atoms with Crippen molar-refractivity contribution >= 4 is 0 Å². The smallest absolute Gasteiger partial charge is 0.0962 e. The lowest BCUT2D eigenvalue weighted by molar-refractivity contribution is -0.120. The molecule has 0 aromatic rings. The second-order valence-corrected chi connectivity index (χ2v) is 9.82. The maximum atomic E-state index is 10.5. The van der Waals surface area contributed by atoms with Gasteiger partial charge in [-0.15, -0.1) is 0 Å². The first kappa shape index (κ1) is 15.5. The summed E-state index contributed by atoms with van der Waals surface area (Å²) in [7, 11) is 0. The Morgan fingerprint density at radius 2 is 1.88 bits per heavy atom. The van der Waals surface area contributed by atoms with Gasteiger partial charge < -0.3 is 10.2 Å². The summed E-state index contributed by atoms with van der Waals surface area (Å²) >= 11 is 0. The Kier molecular flexibility index (Phi) is 3.31. The summed E-state index contributed by atoms with van der Waals surface area (Å²) in [5.74, 6) is 4.25. The fourth-order valence-corrected chi connectivity index (χ4v) is 8.15. The molecule has 132 valence electrons. The zero-order valence-electron chi connectivity index (χ0n) is 15.0. The minimum absolute atomic E-state index is 0.0474. The van der Waals surface area contributed by atoms with Gasteiger partial charge >= 0.3 is 0 Å². The Balaban J connectivity index is 1.47. The average Bonchev–Trinajstić information content (AvgIpc) is 2.96. The topological polar surface area (TPSA) is 40.5 Å². The number of aliphatic hydroxyl groups excluding tert-OH is 2. The van der Waals surface area contributed by atoms with Crippen LogP contribution in [0.2, 0.25) is 0 Å². The average molecular weight is 328 g/mol. The number of aliphatic hydroxyl groups is 2. The minimum atomic E-state index is -0.0474. The molecule has 0 aromatic heterocycles. The van der Waals surface area contributed by atoms with Gasteiger partial charge in [-0.1, -0.05) is 19.1 Å². The molecule has 0 bridgehead atoms. The summed E-state index contributed by atoms with van der Waals surface area (Å²) in [6.07, 6.45) is 17.5. The van der Waals surface area contributed by atoms with Crippen LogP contribution in [-0.4, -0.2) is 16.3 Å². The summed E-state index contributed by atoms with van der Waals surface area (Å²) in [6.45, 7) is 2.55. The summed E-state index contributed by atoms with van der Waals surface area (Å²) in [5.41, 5.74) is 0.718. The summed E-state index contributed by atoms with van der Waals surface area (Å²) in [4.78, 5) is 0. The Morgan fingerprint density at radius 3 is 2.75 bits per heavy atom. The summed E-state index contributed by atoms with van der Waals surface area (Å²) < 4.78 is 0. The minimum Gasteiger partial charge on any atom is -0.512 e. The van der Waals surface area contributed by atoms with Crippen molar-refractivity contribution < 1.29 is 10.2 Å². The zero-order valence-corrected chi connectivity index (χ0v) is 15.0. The third kappa shape index (κ3) is 1.87. The van der Waals surface area contributed by atoms with Gasteiger partial charge in [-0.2, -0.15) is 0 Å². The Bertz CT molecular complexity index is 593. The highest BCUT2D eigenvalue weighted by molar-refractivity contribution is 5.29. The van der Waals surface area contributed by atoms with Crippen LogP contribution < -0.4 is 0 Å². The van der Waals surface area contributed by atoms with Gasteiger partial charge in [-0.25, -0.2) is 0 Å². The van der Waals surface area contributed by atoms with Gasteiger partial charge in [0.05, 0.1) is 11.9 Å². The lowest BCUT2D eigenvalue weighted by Crippen LogP contribution is -2.54. The first-order valence-electron chi connectivity index (χ1n) is 10.3. The van der Waals surface area contributed by atoms with Crippen LogP contribution in [0, 0.1) is 40.4 Å². The molecule has 0 saturated heterocycles. The van der Waals surface area contributed by atoms with Crippen molar-refractivity contribution in [2.24, 2.45) is 40.4 Å². The van der Waals surface area contributed by atoms with Gasteiger partial charge in [0.15, 0.2) is 0 Å². The van der Waals surface area contributed by atoms with E-state index in [0.717, 1.165) is 36.5 Å². The van der Waals surface area contributed by atoms with Gasteiger partial charge in [-0.05, 0) is 93.0 Å². The van der Waals surface area contributed by atoms with E-state index in [9.17, 15) is 10.2 Å². The predicted octanol–water partition coefficient (Wildman–Crippen LogP) is 5.00. The number of hydrogen-bond acceptors (Lipinski definition) is 2. The molecule has 1 spiro atoms. The summed E-state index contributed by atoms with van der Waals surface area (Å²) in [5, 5.41) is 20.6. The monoisotopic (exact) mass is 328 g/mol. The number of allylic oxidation sites excluding steroid dienone is 4. The maximum absolute atomic E-state index is 10.5. The molecule has 5 aliphatic rings. The lowest BCUT2D eigenvalue weighted by atomic mass is 9.44. The highest BCUT2D eigenvalue weighted by Gasteiger charge is 2.61. The molecule has 4 saturated carbocycles. The van der Waals surface area contributed by atoms with E-state index < -0.39 is 0 Å². The number of hydrogen-bond donors (Lipinski definition) is 2. The largest absolute Gasteiger partial charge is 0.512 e. The van der Waals surface area contributed by atoms with Gasteiger partial charge in [0.1, 0.15) is 0 Å². The molecule has 0 aliphatic heterocycles. The number of fused-ring (bicyclic) bond motifs is 4. The fraction of sp³-hybridized carbons (Fsp3) is 0.818. The van der Waals surface area contributed by atoms with Crippen molar-refractivity contribution in [3.8, 4) is 0 Å². The molecule has 5 rings (SSSR count). The highest BCUT2D eigenvalue weighted by Crippen LogP contribution is 2.69. The molecule has 0 unspecified atom stereocenters. The molecule has 0 radical (unpaired) electrons. The van der Waals surface area contributed by atoms with E-state index in [0.29, 0.717) is 17.1 Å². The number of rotatable bonds is 0. The third-order valence-corrected chi connectivity index (χ3v) is 9.26. The van der Waals surface area contributed by atoms with Gasteiger partial charge in [0.25, 0.3) is 0 Å². The fourth-order valence-electron chi connectivity index (χ4n) is 8.15. The van der Waals surface area contributed by atoms with Crippen molar-refractivity contribution in [3.05, 3.63) is 24.0 Å². The molecule has 4 fully saturated rings. The van der Waals surface area contributed by atoms with Crippen molar-refractivity contribution in [1.82, 2.24) is 0 Å². The van der Waals surface area contributed by atoms with Crippen LogP contribution in [0.4, 0.5) is 0 Å². The van der Waals surface area contributed by atoms with E-state index in [4.69, 9.17) is 0 Å². The Labute approximate surface area is 146 Å². The van der Waals surface area contributed by atoms with Crippen LogP contribution in [0.25, 0.3) is 0 Å². The molecule has 2 N–H and O–H groups in total. The van der Waals surface area contributed by atoms with Crippen LogP contribution in [0.3, 0.4) is 0 Å². The molecule has 24 heavy (non-hydrogen) atoms. The Morgan fingerprint density at radius 1 is 1.00 bits per heavy atom. The second-order valence-electron chi connectivity index (χ2n) is 9.82. The normalized spacial score (nSPS) is 55.8. The first-order chi connectivity index (χ1) is 11.5. The van der Waals surface area contributed by atoms with Crippen molar-refractivity contribution in [2.45, 2.75) is 70.8 Å². The van der Waals surface area contributed by atoms with Crippen LogP contribution in [0.5, 0.6) is 0 Å².